The number of unbranched alkanes of at least 4 members (excludes halogenated alkanes) is 4. The van der Waals surface area contributed by atoms with E-state index in [-0.39, 0.29) is 0 Å². The molecule has 14 heavy (non-hydrogen) atoms. The van der Waals surface area contributed by atoms with Crippen molar-refractivity contribution in [1.82, 2.24) is 0 Å². The normalized spacial score (nSPS) is 13.6. The fourth-order valence-corrected chi connectivity index (χ4v) is 1.73. The fraction of sp³-hybridized carbons (Fsp3) is 0.846. The molecule has 1 atom stereocenters. The highest BCUT2D eigenvalue weighted by atomic mass is 16.5. The highest BCUT2D eigenvalue weighted by Gasteiger charge is 2.02. The fourth-order valence-electron chi connectivity index (χ4n) is 1.73. The van der Waals surface area contributed by atoms with Crippen LogP contribution in [0, 0.1) is 5.92 Å². The Morgan fingerprint density at radius 1 is 1.14 bits per heavy atom. The van der Waals surface area contributed by atoms with Crippen LogP contribution in [0.15, 0.2) is 12.2 Å². The van der Waals surface area contributed by atoms with Crippen LogP contribution in [-0.4, -0.2) is 13.7 Å². The first-order valence-corrected chi connectivity index (χ1v) is 5.96. The summed E-state index contributed by atoms with van der Waals surface area (Å²) in [6, 6.07) is 0. The predicted octanol–water partition coefficient (Wildman–Crippen LogP) is 4.19. The molecule has 0 aromatic carbocycles. The van der Waals surface area contributed by atoms with Gasteiger partial charge in [-0.05, 0) is 13.3 Å². The minimum absolute atomic E-state index is 0.631. The summed E-state index contributed by atoms with van der Waals surface area (Å²) in [6.45, 7) is 5.21. The number of rotatable bonds is 9. The van der Waals surface area contributed by atoms with Crippen molar-refractivity contribution in [3.63, 3.8) is 0 Å². The zero-order valence-corrected chi connectivity index (χ0v) is 10.1. The zero-order chi connectivity index (χ0) is 10.6. The van der Waals surface area contributed by atoms with E-state index in [9.17, 15) is 0 Å². The van der Waals surface area contributed by atoms with E-state index in [0.29, 0.717) is 5.92 Å². The Balaban J connectivity index is 3.40. The van der Waals surface area contributed by atoms with Gasteiger partial charge in [-0.15, -0.1) is 0 Å². The molecule has 0 bridgehead atoms. The molecule has 1 unspecified atom stereocenters. The van der Waals surface area contributed by atoms with Gasteiger partial charge in [-0.25, -0.2) is 0 Å². The van der Waals surface area contributed by atoms with Crippen molar-refractivity contribution in [3.8, 4) is 0 Å². The van der Waals surface area contributed by atoms with Crippen LogP contribution in [0.4, 0.5) is 0 Å². The molecule has 1 nitrogen and oxygen atoms in total. The lowest BCUT2D eigenvalue weighted by molar-refractivity contribution is 0.165. The third kappa shape index (κ3) is 8.31. The summed E-state index contributed by atoms with van der Waals surface area (Å²) in [5, 5.41) is 0. The average molecular weight is 198 g/mol. The maximum atomic E-state index is 5.18. The molecule has 0 aromatic rings. The van der Waals surface area contributed by atoms with Crippen molar-refractivity contribution in [1.29, 1.82) is 0 Å². The van der Waals surface area contributed by atoms with Gasteiger partial charge in [0.2, 0.25) is 0 Å². The van der Waals surface area contributed by atoms with E-state index in [0.717, 1.165) is 6.61 Å². The van der Waals surface area contributed by atoms with Crippen LogP contribution in [0.1, 0.15) is 52.4 Å². The summed E-state index contributed by atoms with van der Waals surface area (Å²) < 4.78 is 5.18. The minimum atomic E-state index is 0.631. The summed E-state index contributed by atoms with van der Waals surface area (Å²) in [7, 11) is 1.79. The van der Waals surface area contributed by atoms with Gasteiger partial charge >= 0.3 is 0 Å². The van der Waals surface area contributed by atoms with Crippen molar-refractivity contribution < 1.29 is 4.74 Å². The van der Waals surface area contributed by atoms with E-state index < -0.39 is 0 Å². The monoisotopic (exact) mass is 198 g/mol. The van der Waals surface area contributed by atoms with E-state index in [1.165, 1.54) is 38.5 Å². The molecule has 0 aromatic heterocycles. The van der Waals surface area contributed by atoms with Crippen LogP contribution in [0.3, 0.4) is 0 Å². The van der Waals surface area contributed by atoms with Gasteiger partial charge in [-0.2, -0.15) is 0 Å². The summed E-state index contributed by atoms with van der Waals surface area (Å²) in [5.41, 5.74) is 0. The molecule has 0 spiro atoms. The Hall–Kier alpha value is -0.300. The molecule has 0 aliphatic heterocycles. The summed E-state index contributed by atoms with van der Waals surface area (Å²) in [6.07, 6.45) is 12.5. The molecule has 0 radical (unpaired) electrons. The smallest absolute Gasteiger partial charge is 0.0525 e. The van der Waals surface area contributed by atoms with E-state index in [4.69, 9.17) is 4.74 Å². The molecule has 0 heterocycles. The first-order valence-electron chi connectivity index (χ1n) is 5.96. The van der Waals surface area contributed by atoms with Crippen LogP contribution >= 0.6 is 0 Å². The second-order valence-electron chi connectivity index (χ2n) is 3.94. The SMILES string of the molecule is CC=CC(CCCCCCC)COC. The molecule has 0 rings (SSSR count). The topological polar surface area (TPSA) is 9.23 Å². The van der Waals surface area contributed by atoms with Gasteiger partial charge in [0.05, 0.1) is 6.61 Å². The highest BCUT2D eigenvalue weighted by Crippen LogP contribution is 2.13. The summed E-state index contributed by atoms with van der Waals surface area (Å²) in [5.74, 6) is 0.631. The van der Waals surface area contributed by atoms with Gasteiger partial charge < -0.3 is 4.74 Å². The van der Waals surface area contributed by atoms with Gasteiger partial charge in [-0.3, -0.25) is 0 Å². The Kier molecular flexibility index (Phi) is 10.5. The highest BCUT2D eigenvalue weighted by molar-refractivity contribution is 4.85. The number of methoxy groups -OCH3 is 1. The molecule has 0 saturated heterocycles. The molecule has 0 aliphatic rings. The first kappa shape index (κ1) is 13.7. The lowest BCUT2D eigenvalue weighted by atomic mass is 10.0. The molecule has 84 valence electrons. The number of allylic oxidation sites excluding steroid dienone is 1. The number of ether oxygens (including phenoxy) is 1. The summed E-state index contributed by atoms with van der Waals surface area (Å²) in [4.78, 5) is 0. The van der Waals surface area contributed by atoms with Crippen LogP contribution in [-0.2, 0) is 4.74 Å². The van der Waals surface area contributed by atoms with Gasteiger partial charge in [0.25, 0.3) is 0 Å². The maximum Gasteiger partial charge on any atom is 0.0525 e. The van der Waals surface area contributed by atoms with E-state index in [1.807, 2.05) is 0 Å². The summed E-state index contributed by atoms with van der Waals surface area (Å²) >= 11 is 0. The largest absolute Gasteiger partial charge is 0.384 e. The molecular formula is C13H26O. The third-order valence-corrected chi connectivity index (χ3v) is 2.52. The van der Waals surface area contributed by atoms with E-state index in [2.05, 4.69) is 26.0 Å². The maximum absolute atomic E-state index is 5.18. The molecule has 0 saturated carbocycles. The average Bonchev–Trinajstić information content (AvgIpc) is 2.18. The molecule has 0 amide bonds. The quantitative estimate of drug-likeness (QED) is 0.399. The molecule has 0 fully saturated rings. The van der Waals surface area contributed by atoms with Gasteiger partial charge in [0.1, 0.15) is 0 Å². The Morgan fingerprint density at radius 3 is 2.43 bits per heavy atom. The Labute approximate surface area is 89.5 Å². The van der Waals surface area contributed by atoms with Crippen LogP contribution < -0.4 is 0 Å². The van der Waals surface area contributed by atoms with Gasteiger partial charge in [0, 0.05) is 13.0 Å². The third-order valence-electron chi connectivity index (χ3n) is 2.52. The van der Waals surface area contributed by atoms with Gasteiger partial charge in [0.15, 0.2) is 0 Å². The second-order valence-corrected chi connectivity index (χ2v) is 3.94. The van der Waals surface area contributed by atoms with Crippen molar-refractivity contribution in [2.75, 3.05) is 13.7 Å². The zero-order valence-electron chi connectivity index (χ0n) is 10.1. The molecule has 0 N–H and O–H groups in total. The molecule has 1 heteroatoms. The molecule has 0 aliphatic carbocycles. The Morgan fingerprint density at radius 2 is 1.86 bits per heavy atom. The number of hydrogen-bond donors (Lipinski definition) is 0. The minimum Gasteiger partial charge on any atom is -0.384 e. The lowest BCUT2D eigenvalue weighted by Crippen LogP contribution is -2.04. The van der Waals surface area contributed by atoms with Crippen LogP contribution in [0.25, 0.3) is 0 Å². The predicted molar refractivity (Wildman–Crippen MR) is 63.6 cm³/mol. The van der Waals surface area contributed by atoms with Gasteiger partial charge in [-0.1, -0.05) is 51.2 Å². The van der Waals surface area contributed by atoms with Crippen molar-refractivity contribution in [3.05, 3.63) is 12.2 Å². The van der Waals surface area contributed by atoms with Crippen LogP contribution in [0.5, 0.6) is 0 Å². The van der Waals surface area contributed by atoms with E-state index >= 15 is 0 Å². The molecular weight excluding hydrogens is 172 g/mol. The van der Waals surface area contributed by atoms with Crippen LogP contribution in [0.2, 0.25) is 0 Å². The first-order chi connectivity index (χ1) is 6.85. The second kappa shape index (κ2) is 10.8. The van der Waals surface area contributed by atoms with Crippen molar-refractivity contribution in [2.45, 2.75) is 52.4 Å². The lowest BCUT2D eigenvalue weighted by Gasteiger charge is -2.10. The Bertz CT molecular complexity index is 129. The van der Waals surface area contributed by atoms with E-state index in [1.54, 1.807) is 7.11 Å². The van der Waals surface area contributed by atoms with Crippen molar-refractivity contribution >= 4 is 0 Å². The van der Waals surface area contributed by atoms with Crippen molar-refractivity contribution in [2.24, 2.45) is 5.92 Å². The number of hydrogen-bond acceptors (Lipinski definition) is 1. The standard InChI is InChI=1S/C13H26O/c1-4-6-7-8-9-11-13(10-5-2)12-14-3/h5,10,13H,4,6-9,11-12H2,1-3H3.